The van der Waals surface area contributed by atoms with Crippen molar-refractivity contribution >= 4 is 0 Å². The molecular weight excluding hydrogens is 186 g/mol. The minimum absolute atomic E-state index is 0.244. The molecule has 0 heterocycles. The quantitative estimate of drug-likeness (QED) is 0.616. The minimum atomic E-state index is 0.244. The molecule has 0 amide bonds. The lowest BCUT2D eigenvalue weighted by molar-refractivity contribution is -0.0268. The smallest absolute Gasteiger partial charge is 0.0653 e. The van der Waals surface area contributed by atoms with Crippen LogP contribution in [-0.2, 0) is 4.74 Å². The Bertz CT molecular complexity index is 159. The molecular formula is C13H29NO. The molecule has 0 fully saturated rings. The first-order chi connectivity index (χ1) is 7.02. The summed E-state index contributed by atoms with van der Waals surface area (Å²) in [5.41, 5.74) is 0.244. The van der Waals surface area contributed by atoms with Crippen molar-refractivity contribution < 1.29 is 4.74 Å². The highest BCUT2D eigenvalue weighted by atomic mass is 16.5. The highest BCUT2D eigenvalue weighted by Gasteiger charge is 2.31. The number of hydrogen-bond donors (Lipinski definition) is 0. The summed E-state index contributed by atoms with van der Waals surface area (Å²) in [5.74, 6) is 0. The van der Waals surface area contributed by atoms with Gasteiger partial charge in [0.15, 0.2) is 0 Å². The van der Waals surface area contributed by atoms with Crippen molar-refractivity contribution in [2.75, 3.05) is 20.2 Å². The van der Waals surface area contributed by atoms with E-state index in [0.29, 0.717) is 6.10 Å². The summed E-state index contributed by atoms with van der Waals surface area (Å²) < 4.78 is 5.83. The van der Waals surface area contributed by atoms with Gasteiger partial charge in [-0.3, -0.25) is 4.90 Å². The first-order valence-electron chi connectivity index (χ1n) is 6.35. The number of rotatable bonds is 8. The second-order valence-corrected chi connectivity index (χ2v) is 4.70. The van der Waals surface area contributed by atoms with Crippen molar-refractivity contribution in [1.82, 2.24) is 4.90 Å². The highest BCUT2D eigenvalue weighted by Crippen LogP contribution is 2.25. The standard InChI is InChI=1S/C13H29NO/c1-7-10-13(8-2,14(6)9-3)11-15-12(4)5/h12H,7-11H2,1-6H3. The molecule has 0 rings (SSSR count). The highest BCUT2D eigenvalue weighted by molar-refractivity contribution is 4.87. The van der Waals surface area contributed by atoms with E-state index in [4.69, 9.17) is 4.74 Å². The van der Waals surface area contributed by atoms with E-state index in [-0.39, 0.29) is 5.54 Å². The van der Waals surface area contributed by atoms with Gasteiger partial charge in [0.2, 0.25) is 0 Å². The Kier molecular flexibility index (Phi) is 7.20. The average Bonchev–Trinajstić information content (AvgIpc) is 2.23. The van der Waals surface area contributed by atoms with Crippen LogP contribution < -0.4 is 0 Å². The van der Waals surface area contributed by atoms with Crippen LogP contribution in [0.4, 0.5) is 0 Å². The Labute approximate surface area is 96.0 Å². The third-order valence-electron chi connectivity index (χ3n) is 3.34. The van der Waals surface area contributed by atoms with Crippen LogP contribution in [0.5, 0.6) is 0 Å². The molecule has 92 valence electrons. The maximum absolute atomic E-state index is 5.83. The molecule has 0 spiro atoms. The van der Waals surface area contributed by atoms with Crippen LogP contribution in [0.2, 0.25) is 0 Å². The monoisotopic (exact) mass is 215 g/mol. The van der Waals surface area contributed by atoms with Gasteiger partial charge < -0.3 is 4.74 Å². The summed E-state index contributed by atoms with van der Waals surface area (Å²) >= 11 is 0. The molecule has 0 aliphatic carbocycles. The molecule has 0 aromatic rings. The van der Waals surface area contributed by atoms with Crippen LogP contribution in [0.25, 0.3) is 0 Å². The van der Waals surface area contributed by atoms with E-state index in [1.807, 2.05) is 0 Å². The van der Waals surface area contributed by atoms with Crippen LogP contribution in [0.1, 0.15) is 53.9 Å². The van der Waals surface area contributed by atoms with Crippen molar-refractivity contribution in [2.45, 2.75) is 65.5 Å². The lowest BCUT2D eigenvalue weighted by Crippen LogP contribution is -2.50. The maximum atomic E-state index is 5.83. The minimum Gasteiger partial charge on any atom is -0.377 e. The van der Waals surface area contributed by atoms with Gasteiger partial charge in [0, 0.05) is 5.54 Å². The molecule has 0 aliphatic rings. The SMILES string of the molecule is CCCC(CC)(COC(C)C)N(C)CC. The summed E-state index contributed by atoms with van der Waals surface area (Å²) in [6.07, 6.45) is 3.94. The van der Waals surface area contributed by atoms with Gasteiger partial charge in [0.05, 0.1) is 12.7 Å². The predicted molar refractivity (Wildman–Crippen MR) is 67.3 cm³/mol. The van der Waals surface area contributed by atoms with Crippen molar-refractivity contribution in [2.24, 2.45) is 0 Å². The third-order valence-corrected chi connectivity index (χ3v) is 3.34. The van der Waals surface area contributed by atoms with Crippen molar-refractivity contribution in [3.8, 4) is 0 Å². The van der Waals surface area contributed by atoms with Gasteiger partial charge in [-0.25, -0.2) is 0 Å². The second-order valence-electron chi connectivity index (χ2n) is 4.70. The average molecular weight is 215 g/mol. The lowest BCUT2D eigenvalue weighted by atomic mass is 9.89. The van der Waals surface area contributed by atoms with Gasteiger partial charge in [-0.1, -0.05) is 27.2 Å². The first-order valence-corrected chi connectivity index (χ1v) is 6.35. The zero-order chi connectivity index (χ0) is 11.9. The van der Waals surface area contributed by atoms with Crippen molar-refractivity contribution in [3.05, 3.63) is 0 Å². The zero-order valence-electron chi connectivity index (χ0n) is 11.5. The second kappa shape index (κ2) is 7.24. The normalized spacial score (nSPS) is 16.0. The first kappa shape index (κ1) is 14.9. The van der Waals surface area contributed by atoms with E-state index in [2.05, 4.69) is 46.6 Å². The summed E-state index contributed by atoms with van der Waals surface area (Å²) in [5, 5.41) is 0. The summed E-state index contributed by atoms with van der Waals surface area (Å²) in [6.45, 7) is 12.9. The molecule has 0 saturated heterocycles. The van der Waals surface area contributed by atoms with Crippen molar-refractivity contribution in [3.63, 3.8) is 0 Å². The number of ether oxygens (including phenoxy) is 1. The Hall–Kier alpha value is -0.0800. The third kappa shape index (κ3) is 4.52. The summed E-state index contributed by atoms with van der Waals surface area (Å²) in [4.78, 5) is 2.44. The molecule has 1 atom stereocenters. The number of likely N-dealkylation sites (N-methyl/N-ethyl adjacent to an activating group) is 1. The van der Waals surface area contributed by atoms with Crippen LogP contribution in [-0.4, -0.2) is 36.7 Å². The van der Waals surface area contributed by atoms with Gasteiger partial charge in [0.25, 0.3) is 0 Å². The molecule has 0 aliphatic heterocycles. The molecule has 0 aromatic heterocycles. The molecule has 2 heteroatoms. The molecule has 0 bridgehead atoms. The molecule has 0 saturated carbocycles. The predicted octanol–water partition coefficient (Wildman–Crippen LogP) is 3.31. The lowest BCUT2D eigenvalue weighted by Gasteiger charge is -2.41. The summed E-state index contributed by atoms with van der Waals surface area (Å²) in [7, 11) is 2.21. The van der Waals surface area contributed by atoms with Gasteiger partial charge in [-0.2, -0.15) is 0 Å². The van der Waals surface area contributed by atoms with E-state index in [1.165, 1.54) is 12.8 Å². The van der Waals surface area contributed by atoms with E-state index in [1.54, 1.807) is 0 Å². The fourth-order valence-corrected chi connectivity index (χ4v) is 2.04. The van der Waals surface area contributed by atoms with Gasteiger partial charge in [0.1, 0.15) is 0 Å². The largest absolute Gasteiger partial charge is 0.377 e. The number of nitrogens with zero attached hydrogens (tertiary/aromatic N) is 1. The molecule has 0 aromatic carbocycles. The molecule has 0 N–H and O–H groups in total. The Morgan fingerprint density at radius 3 is 2.13 bits per heavy atom. The van der Waals surface area contributed by atoms with E-state index >= 15 is 0 Å². The van der Waals surface area contributed by atoms with Gasteiger partial charge in [-0.15, -0.1) is 0 Å². The Morgan fingerprint density at radius 2 is 1.80 bits per heavy atom. The molecule has 0 radical (unpaired) electrons. The van der Waals surface area contributed by atoms with Crippen molar-refractivity contribution in [1.29, 1.82) is 0 Å². The molecule has 2 nitrogen and oxygen atoms in total. The maximum Gasteiger partial charge on any atom is 0.0653 e. The zero-order valence-corrected chi connectivity index (χ0v) is 11.5. The Balaban J connectivity index is 4.49. The number of hydrogen-bond acceptors (Lipinski definition) is 2. The van der Waals surface area contributed by atoms with Crippen LogP contribution in [0.3, 0.4) is 0 Å². The van der Waals surface area contributed by atoms with Gasteiger partial charge in [-0.05, 0) is 40.3 Å². The molecule has 1 unspecified atom stereocenters. The van der Waals surface area contributed by atoms with Gasteiger partial charge >= 0.3 is 0 Å². The van der Waals surface area contributed by atoms with E-state index in [0.717, 1.165) is 19.6 Å². The topological polar surface area (TPSA) is 12.5 Å². The van der Waals surface area contributed by atoms with Crippen LogP contribution in [0, 0.1) is 0 Å². The molecule has 15 heavy (non-hydrogen) atoms. The van der Waals surface area contributed by atoms with E-state index in [9.17, 15) is 0 Å². The fraction of sp³-hybridized carbons (Fsp3) is 1.00. The van der Waals surface area contributed by atoms with Crippen LogP contribution in [0.15, 0.2) is 0 Å². The fourth-order valence-electron chi connectivity index (χ4n) is 2.04. The van der Waals surface area contributed by atoms with E-state index < -0.39 is 0 Å². The van der Waals surface area contributed by atoms with Crippen LogP contribution >= 0.6 is 0 Å². The summed E-state index contributed by atoms with van der Waals surface area (Å²) in [6, 6.07) is 0. The Morgan fingerprint density at radius 1 is 1.20 bits per heavy atom.